The van der Waals surface area contributed by atoms with Crippen LogP contribution >= 0.6 is 11.3 Å². The van der Waals surface area contributed by atoms with E-state index >= 15 is 0 Å². The van der Waals surface area contributed by atoms with Crippen LogP contribution in [0.15, 0.2) is 18.3 Å². The summed E-state index contributed by atoms with van der Waals surface area (Å²) < 4.78 is 5.10. The van der Waals surface area contributed by atoms with Crippen molar-refractivity contribution >= 4 is 33.1 Å². The fraction of sp³-hybridized carbons (Fsp3) is 0.467. The molecule has 0 radical (unpaired) electrons. The molecule has 21 heavy (non-hydrogen) atoms. The van der Waals surface area contributed by atoms with E-state index in [0.29, 0.717) is 36.2 Å². The Balaban J connectivity index is 2.31. The summed E-state index contributed by atoms with van der Waals surface area (Å²) in [6.45, 7) is 5.94. The van der Waals surface area contributed by atoms with Gasteiger partial charge in [-0.15, -0.1) is 11.3 Å². The molecule has 0 unspecified atom stereocenters. The number of aromatic nitrogens is 1. The minimum Gasteiger partial charge on any atom is -0.397 e. The Kier molecular flexibility index (Phi) is 5.14. The Hall–Kier alpha value is -1.66. The van der Waals surface area contributed by atoms with Crippen molar-refractivity contribution in [3.05, 3.63) is 23.2 Å². The van der Waals surface area contributed by atoms with Crippen LogP contribution in [-0.2, 0) is 4.74 Å². The van der Waals surface area contributed by atoms with Crippen molar-refractivity contribution in [2.24, 2.45) is 5.92 Å². The van der Waals surface area contributed by atoms with Crippen LogP contribution < -0.4 is 5.73 Å². The number of pyridine rings is 1. The molecule has 2 rings (SSSR count). The van der Waals surface area contributed by atoms with Gasteiger partial charge in [0.2, 0.25) is 0 Å². The van der Waals surface area contributed by atoms with E-state index in [2.05, 4.69) is 18.8 Å². The number of rotatable bonds is 6. The van der Waals surface area contributed by atoms with Crippen LogP contribution in [0.3, 0.4) is 0 Å². The molecule has 2 heterocycles. The highest BCUT2D eigenvalue weighted by Crippen LogP contribution is 2.32. The molecule has 0 bridgehead atoms. The summed E-state index contributed by atoms with van der Waals surface area (Å²) in [6.07, 6.45) is 1.71. The van der Waals surface area contributed by atoms with Crippen molar-refractivity contribution < 1.29 is 9.53 Å². The monoisotopic (exact) mass is 307 g/mol. The van der Waals surface area contributed by atoms with E-state index in [4.69, 9.17) is 10.5 Å². The van der Waals surface area contributed by atoms with E-state index in [0.717, 1.165) is 10.2 Å². The zero-order valence-electron chi connectivity index (χ0n) is 12.6. The van der Waals surface area contributed by atoms with Gasteiger partial charge >= 0.3 is 0 Å². The summed E-state index contributed by atoms with van der Waals surface area (Å²) in [5.41, 5.74) is 6.66. The smallest absolute Gasteiger partial charge is 0.266 e. The second-order valence-corrected chi connectivity index (χ2v) is 6.34. The summed E-state index contributed by atoms with van der Waals surface area (Å²) in [4.78, 5) is 20.2. The van der Waals surface area contributed by atoms with E-state index in [9.17, 15) is 4.79 Å². The molecule has 0 spiro atoms. The Bertz CT molecular complexity index is 624. The fourth-order valence-corrected chi connectivity index (χ4v) is 3.20. The molecule has 0 saturated heterocycles. The second-order valence-electron chi connectivity index (χ2n) is 5.34. The molecular formula is C15H21N3O2S. The van der Waals surface area contributed by atoms with Crippen molar-refractivity contribution in [1.82, 2.24) is 9.88 Å². The molecule has 0 aliphatic carbocycles. The van der Waals surface area contributed by atoms with Gasteiger partial charge in [-0.05, 0) is 18.1 Å². The Morgan fingerprint density at radius 2 is 2.29 bits per heavy atom. The first-order chi connectivity index (χ1) is 10.0. The number of hydrogen-bond donors (Lipinski definition) is 1. The number of nitrogens with zero attached hydrogens (tertiary/aromatic N) is 2. The lowest BCUT2D eigenvalue weighted by atomic mass is 10.2. The number of amides is 1. The van der Waals surface area contributed by atoms with Crippen molar-refractivity contribution in [2.75, 3.05) is 32.5 Å². The third-order valence-electron chi connectivity index (χ3n) is 3.14. The third kappa shape index (κ3) is 3.51. The lowest BCUT2D eigenvalue weighted by Gasteiger charge is -2.24. The standard InChI is InChI=1S/C15H21N3O2S/c1-10(2)9-18(7-8-20-3)15(19)13-12(16)11-5-4-6-17-14(11)21-13/h4-6,10H,7-9,16H2,1-3H3. The van der Waals surface area contributed by atoms with Crippen molar-refractivity contribution in [3.8, 4) is 0 Å². The third-order valence-corrected chi connectivity index (χ3v) is 4.25. The van der Waals surface area contributed by atoms with Gasteiger partial charge in [0.25, 0.3) is 5.91 Å². The van der Waals surface area contributed by atoms with Crippen LogP contribution in [-0.4, -0.2) is 42.6 Å². The first kappa shape index (κ1) is 15.7. The van der Waals surface area contributed by atoms with E-state index in [1.807, 2.05) is 12.1 Å². The second kappa shape index (κ2) is 6.87. The highest BCUT2D eigenvalue weighted by molar-refractivity contribution is 7.21. The molecular weight excluding hydrogens is 286 g/mol. The molecule has 0 atom stereocenters. The topological polar surface area (TPSA) is 68.5 Å². The van der Waals surface area contributed by atoms with Gasteiger partial charge < -0.3 is 15.4 Å². The molecule has 2 aromatic heterocycles. The number of hydrogen-bond acceptors (Lipinski definition) is 5. The Morgan fingerprint density at radius 1 is 1.52 bits per heavy atom. The zero-order valence-corrected chi connectivity index (χ0v) is 13.4. The van der Waals surface area contributed by atoms with Crippen molar-refractivity contribution in [2.45, 2.75) is 13.8 Å². The van der Waals surface area contributed by atoms with Crippen LogP contribution in [0.5, 0.6) is 0 Å². The van der Waals surface area contributed by atoms with E-state index in [-0.39, 0.29) is 5.91 Å². The molecule has 0 fully saturated rings. The van der Waals surface area contributed by atoms with Gasteiger partial charge in [0.05, 0.1) is 12.3 Å². The Labute approximate surface area is 128 Å². The highest BCUT2D eigenvalue weighted by atomic mass is 32.1. The average Bonchev–Trinajstić information content (AvgIpc) is 2.80. The number of anilines is 1. The maximum atomic E-state index is 12.7. The van der Waals surface area contributed by atoms with Gasteiger partial charge in [-0.3, -0.25) is 4.79 Å². The molecule has 2 aromatic rings. The first-order valence-corrected chi connectivity index (χ1v) is 7.77. The number of nitrogens with two attached hydrogens (primary N) is 1. The van der Waals surface area contributed by atoms with Crippen LogP contribution in [0.25, 0.3) is 10.2 Å². The molecule has 0 aromatic carbocycles. The maximum absolute atomic E-state index is 12.7. The van der Waals surface area contributed by atoms with Crippen molar-refractivity contribution in [3.63, 3.8) is 0 Å². The van der Waals surface area contributed by atoms with E-state index in [1.54, 1.807) is 18.2 Å². The summed E-state index contributed by atoms with van der Waals surface area (Å²) in [6, 6.07) is 3.73. The zero-order chi connectivity index (χ0) is 15.4. The quantitative estimate of drug-likeness (QED) is 0.890. The minimum atomic E-state index is -0.0405. The molecule has 0 saturated carbocycles. The molecule has 2 N–H and O–H groups in total. The number of thiophene rings is 1. The number of nitrogen functional groups attached to an aromatic ring is 1. The van der Waals surface area contributed by atoms with Gasteiger partial charge in [-0.2, -0.15) is 0 Å². The predicted molar refractivity (Wildman–Crippen MR) is 86.6 cm³/mol. The number of ether oxygens (including phenoxy) is 1. The highest BCUT2D eigenvalue weighted by Gasteiger charge is 2.22. The number of methoxy groups -OCH3 is 1. The van der Waals surface area contributed by atoms with Gasteiger partial charge in [-0.1, -0.05) is 13.8 Å². The molecule has 1 amide bonds. The lowest BCUT2D eigenvalue weighted by molar-refractivity contribution is 0.0678. The van der Waals surface area contributed by atoms with Crippen molar-refractivity contribution in [1.29, 1.82) is 0 Å². The summed E-state index contributed by atoms with van der Waals surface area (Å²) in [7, 11) is 1.63. The number of carbonyl (C=O) groups is 1. The molecule has 0 aliphatic rings. The molecule has 6 heteroatoms. The maximum Gasteiger partial charge on any atom is 0.266 e. The van der Waals surface area contributed by atoms with E-state index in [1.165, 1.54) is 11.3 Å². The number of carbonyl (C=O) groups excluding carboxylic acids is 1. The number of fused-ring (bicyclic) bond motifs is 1. The van der Waals surface area contributed by atoms with Gasteiger partial charge in [-0.25, -0.2) is 4.98 Å². The van der Waals surface area contributed by atoms with Gasteiger partial charge in [0.15, 0.2) is 0 Å². The van der Waals surface area contributed by atoms with Crippen LogP contribution in [0, 0.1) is 5.92 Å². The normalized spacial score (nSPS) is 11.2. The average molecular weight is 307 g/mol. The molecule has 0 aliphatic heterocycles. The summed E-state index contributed by atoms with van der Waals surface area (Å²) in [5.74, 6) is 0.348. The van der Waals surface area contributed by atoms with Gasteiger partial charge in [0.1, 0.15) is 9.71 Å². The predicted octanol–water partition coefficient (Wildman–Crippen LogP) is 2.62. The summed E-state index contributed by atoms with van der Waals surface area (Å²) >= 11 is 1.35. The lowest BCUT2D eigenvalue weighted by Crippen LogP contribution is -2.36. The summed E-state index contributed by atoms with van der Waals surface area (Å²) in [5, 5.41) is 0.849. The first-order valence-electron chi connectivity index (χ1n) is 6.95. The minimum absolute atomic E-state index is 0.0405. The SMILES string of the molecule is COCCN(CC(C)C)C(=O)c1sc2ncccc2c1N. The van der Waals surface area contributed by atoms with Crippen LogP contribution in [0.4, 0.5) is 5.69 Å². The molecule has 114 valence electrons. The molecule has 5 nitrogen and oxygen atoms in total. The fourth-order valence-electron chi connectivity index (χ4n) is 2.17. The largest absolute Gasteiger partial charge is 0.397 e. The van der Waals surface area contributed by atoms with E-state index < -0.39 is 0 Å². The van der Waals surface area contributed by atoms with Crippen LogP contribution in [0.2, 0.25) is 0 Å². The Morgan fingerprint density at radius 3 is 2.90 bits per heavy atom. The van der Waals surface area contributed by atoms with Crippen LogP contribution in [0.1, 0.15) is 23.5 Å². The van der Waals surface area contributed by atoms with Gasteiger partial charge in [0, 0.05) is 31.8 Å².